The zero-order chi connectivity index (χ0) is 18.2. The minimum Gasteiger partial charge on any atom is -0.469 e. The molecule has 1 aliphatic rings. The Morgan fingerprint density at radius 2 is 2.15 bits per heavy atom. The van der Waals surface area contributed by atoms with Crippen LogP contribution in [0, 0.1) is 0 Å². The fourth-order valence-corrected chi connectivity index (χ4v) is 4.03. The molecule has 0 spiro atoms. The molecule has 6 heteroatoms. The lowest BCUT2D eigenvalue weighted by atomic mass is 9.96. The second kappa shape index (κ2) is 9.24. The third-order valence-electron chi connectivity index (χ3n) is 4.79. The Kier molecular flexibility index (Phi) is 6.74. The van der Waals surface area contributed by atoms with Gasteiger partial charge in [-0.3, -0.25) is 0 Å². The first-order valence-electron chi connectivity index (χ1n) is 9.47. The van der Waals surface area contributed by atoms with Crippen LogP contribution in [-0.2, 0) is 12.0 Å². The highest BCUT2D eigenvalue weighted by atomic mass is 32.1. The molecule has 3 N–H and O–H groups in total. The molecule has 0 amide bonds. The molecule has 2 aromatic heterocycles. The average Bonchev–Trinajstić information content (AvgIpc) is 3.34. The Labute approximate surface area is 159 Å². The average molecular weight is 376 g/mol. The van der Waals surface area contributed by atoms with Crippen molar-refractivity contribution in [3.8, 4) is 0 Å². The third kappa shape index (κ3) is 5.61. The summed E-state index contributed by atoms with van der Waals surface area (Å²) in [6.07, 6.45) is 8.72. The summed E-state index contributed by atoms with van der Waals surface area (Å²) in [7, 11) is 0. The van der Waals surface area contributed by atoms with Gasteiger partial charge in [-0.2, -0.15) is 0 Å². The summed E-state index contributed by atoms with van der Waals surface area (Å²) in [5.74, 6) is 1.74. The van der Waals surface area contributed by atoms with Crippen LogP contribution in [0.1, 0.15) is 49.7 Å². The van der Waals surface area contributed by atoms with Crippen molar-refractivity contribution in [1.29, 1.82) is 0 Å². The molecule has 26 heavy (non-hydrogen) atoms. The summed E-state index contributed by atoms with van der Waals surface area (Å²) in [5.41, 5.74) is -0.948. The van der Waals surface area contributed by atoms with Gasteiger partial charge in [0.25, 0.3) is 0 Å². The number of hydrogen-bond acceptors (Lipinski definition) is 4. The second-order valence-corrected chi connectivity index (χ2v) is 8.10. The van der Waals surface area contributed by atoms with Crippen LogP contribution in [0.2, 0.25) is 0 Å². The number of aliphatic imine (C=N–C) groups is 1. The third-order valence-corrected chi connectivity index (χ3v) is 5.91. The monoisotopic (exact) mass is 375 g/mol. The molecule has 2 aromatic rings. The van der Waals surface area contributed by atoms with Crippen molar-refractivity contribution in [2.24, 2.45) is 4.99 Å². The molecular weight excluding hydrogens is 346 g/mol. The predicted octanol–water partition coefficient (Wildman–Crippen LogP) is 3.66. The van der Waals surface area contributed by atoms with Crippen LogP contribution < -0.4 is 10.6 Å². The van der Waals surface area contributed by atoms with E-state index in [2.05, 4.69) is 15.6 Å². The molecule has 1 atom stereocenters. The van der Waals surface area contributed by atoms with Crippen molar-refractivity contribution in [3.05, 3.63) is 46.5 Å². The predicted molar refractivity (Wildman–Crippen MR) is 107 cm³/mol. The van der Waals surface area contributed by atoms with Crippen LogP contribution in [0.4, 0.5) is 0 Å². The lowest BCUT2D eigenvalue weighted by Gasteiger charge is -2.26. The highest BCUT2D eigenvalue weighted by Gasteiger charge is 2.24. The van der Waals surface area contributed by atoms with E-state index in [0.29, 0.717) is 12.6 Å². The Morgan fingerprint density at radius 3 is 2.85 bits per heavy atom. The lowest BCUT2D eigenvalue weighted by Crippen LogP contribution is -2.45. The molecule has 1 saturated carbocycles. The number of aliphatic hydroxyl groups is 1. The van der Waals surface area contributed by atoms with Crippen molar-refractivity contribution in [1.82, 2.24) is 10.6 Å². The van der Waals surface area contributed by atoms with E-state index in [1.54, 1.807) is 17.6 Å². The first-order valence-corrected chi connectivity index (χ1v) is 10.3. The number of guanidine groups is 1. The Hall–Kier alpha value is -1.79. The molecule has 0 aliphatic heterocycles. The van der Waals surface area contributed by atoms with Crippen LogP contribution in [0.25, 0.3) is 0 Å². The molecular formula is C20H29N3O2S. The van der Waals surface area contributed by atoms with E-state index in [1.165, 1.54) is 32.1 Å². The number of rotatable bonds is 7. The van der Waals surface area contributed by atoms with Gasteiger partial charge in [-0.1, -0.05) is 25.3 Å². The molecule has 5 nitrogen and oxygen atoms in total. The van der Waals surface area contributed by atoms with Gasteiger partial charge in [-0.05, 0) is 43.3 Å². The van der Waals surface area contributed by atoms with Gasteiger partial charge >= 0.3 is 0 Å². The summed E-state index contributed by atoms with van der Waals surface area (Å²) in [6, 6.07) is 8.27. The topological polar surface area (TPSA) is 69.8 Å². The van der Waals surface area contributed by atoms with Crippen LogP contribution in [-0.4, -0.2) is 30.2 Å². The van der Waals surface area contributed by atoms with Crippen LogP contribution in [0.3, 0.4) is 0 Å². The molecule has 0 saturated heterocycles. The minimum absolute atomic E-state index is 0.330. The van der Waals surface area contributed by atoms with Crippen LogP contribution in [0.15, 0.2) is 45.3 Å². The highest BCUT2D eigenvalue weighted by molar-refractivity contribution is 7.10. The SMILES string of the molecule is CC(O)(CN=C(NCCc1ccco1)NC1CCCCC1)c1cccs1. The Morgan fingerprint density at radius 1 is 1.31 bits per heavy atom. The number of nitrogens with one attached hydrogen (secondary N) is 2. The van der Waals surface area contributed by atoms with Crippen molar-refractivity contribution in [3.63, 3.8) is 0 Å². The first kappa shape index (κ1) is 19.0. The van der Waals surface area contributed by atoms with E-state index in [-0.39, 0.29) is 0 Å². The van der Waals surface area contributed by atoms with Gasteiger partial charge in [0.1, 0.15) is 11.4 Å². The largest absolute Gasteiger partial charge is 0.469 e. The number of hydrogen-bond donors (Lipinski definition) is 3. The van der Waals surface area contributed by atoms with Gasteiger partial charge in [0.05, 0.1) is 12.8 Å². The maximum atomic E-state index is 10.7. The van der Waals surface area contributed by atoms with E-state index in [1.807, 2.05) is 36.6 Å². The van der Waals surface area contributed by atoms with Gasteiger partial charge in [-0.15, -0.1) is 11.3 Å². The fraction of sp³-hybridized carbons (Fsp3) is 0.550. The minimum atomic E-state index is -0.948. The summed E-state index contributed by atoms with van der Waals surface area (Å²) < 4.78 is 5.39. The van der Waals surface area contributed by atoms with Gasteiger partial charge in [0.2, 0.25) is 0 Å². The van der Waals surface area contributed by atoms with Gasteiger partial charge < -0.3 is 20.2 Å². The maximum Gasteiger partial charge on any atom is 0.191 e. The molecule has 0 bridgehead atoms. The smallest absolute Gasteiger partial charge is 0.191 e. The van der Waals surface area contributed by atoms with Crippen LogP contribution in [0.5, 0.6) is 0 Å². The standard InChI is InChI=1S/C20H29N3O2S/c1-20(24,18-10-6-14-26-18)15-22-19(23-16-7-3-2-4-8-16)21-12-11-17-9-5-13-25-17/h5-6,9-10,13-14,16,24H,2-4,7-8,11-12,15H2,1H3,(H2,21,22,23). The number of furan rings is 1. The molecule has 1 fully saturated rings. The Balaban J connectivity index is 1.60. The van der Waals surface area contributed by atoms with Gasteiger partial charge in [0.15, 0.2) is 5.96 Å². The van der Waals surface area contributed by atoms with Crippen molar-refractivity contribution >= 4 is 17.3 Å². The number of thiophene rings is 1. The van der Waals surface area contributed by atoms with Gasteiger partial charge in [0, 0.05) is 23.9 Å². The van der Waals surface area contributed by atoms with Gasteiger partial charge in [-0.25, -0.2) is 4.99 Å². The van der Waals surface area contributed by atoms with Crippen molar-refractivity contribution in [2.45, 2.75) is 57.1 Å². The van der Waals surface area contributed by atoms with E-state index in [0.717, 1.165) is 29.6 Å². The molecule has 0 radical (unpaired) electrons. The maximum absolute atomic E-state index is 10.7. The fourth-order valence-electron chi connectivity index (χ4n) is 3.25. The number of nitrogens with zero attached hydrogens (tertiary/aromatic N) is 1. The molecule has 2 heterocycles. The van der Waals surface area contributed by atoms with Crippen molar-refractivity contribution in [2.75, 3.05) is 13.1 Å². The zero-order valence-electron chi connectivity index (χ0n) is 15.4. The van der Waals surface area contributed by atoms with E-state index in [4.69, 9.17) is 4.42 Å². The normalized spacial score (nSPS) is 18.5. The quantitative estimate of drug-likeness (QED) is 0.510. The molecule has 142 valence electrons. The van der Waals surface area contributed by atoms with E-state index >= 15 is 0 Å². The van der Waals surface area contributed by atoms with Crippen LogP contribution >= 0.6 is 11.3 Å². The van der Waals surface area contributed by atoms with E-state index < -0.39 is 5.60 Å². The molecule has 0 aromatic carbocycles. The summed E-state index contributed by atoms with van der Waals surface area (Å²) in [5, 5.41) is 19.7. The highest BCUT2D eigenvalue weighted by Crippen LogP contribution is 2.25. The molecule has 1 aliphatic carbocycles. The van der Waals surface area contributed by atoms with Crippen molar-refractivity contribution < 1.29 is 9.52 Å². The Bertz CT molecular complexity index is 659. The lowest BCUT2D eigenvalue weighted by molar-refractivity contribution is 0.0711. The summed E-state index contributed by atoms with van der Waals surface area (Å²) >= 11 is 1.56. The second-order valence-electron chi connectivity index (χ2n) is 7.15. The molecule has 1 unspecified atom stereocenters. The first-order chi connectivity index (χ1) is 12.6. The molecule has 3 rings (SSSR count). The summed E-state index contributed by atoms with van der Waals surface area (Å²) in [4.78, 5) is 5.62. The summed E-state index contributed by atoms with van der Waals surface area (Å²) in [6.45, 7) is 2.90. The zero-order valence-corrected chi connectivity index (χ0v) is 16.2. The van der Waals surface area contributed by atoms with E-state index in [9.17, 15) is 5.11 Å².